The Morgan fingerprint density at radius 1 is 1.07 bits per heavy atom. The zero-order valence-electron chi connectivity index (χ0n) is 16.4. The normalized spacial score (nSPS) is 11.0. The molecule has 0 spiro atoms. The monoisotopic (exact) mass is 403 g/mol. The fourth-order valence-corrected chi connectivity index (χ4v) is 3.58. The Kier molecular flexibility index (Phi) is 5.36. The number of aryl methyl sites for hydroxylation is 3. The first-order valence-electron chi connectivity index (χ1n) is 9.59. The smallest absolute Gasteiger partial charge is 0.224 e. The summed E-state index contributed by atoms with van der Waals surface area (Å²) in [5, 5.41) is 3.73. The first-order chi connectivity index (χ1) is 14.0. The minimum Gasteiger partial charge on any atom is -0.326 e. The number of nitrogens with zero attached hydrogens (tertiary/aromatic N) is 2. The SMILES string of the molecule is Cc1ccc(-c2cn3cccc(C)c3n2)cc1NC(=O)CCc1cccc(Cl)c1. The highest BCUT2D eigenvalue weighted by Crippen LogP contribution is 2.26. The zero-order valence-corrected chi connectivity index (χ0v) is 17.2. The number of anilines is 1. The van der Waals surface area contributed by atoms with Gasteiger partial charge >= 0.3 is 0 Å². The molecule has 4 aromatic rings. The van der Waals surface area contributed by atoms with Gasteiger partial charge in [-0.2, -0.15) is 0 Å². The lowest BCUT2D eigenvalue weighted by molar-refractivity contribution is -0.116. The first-order valence-corrected chi connectivity index (χ1v) is 9.97. The van der Waals surface area contributed by atoms with E-state index in [9.17, 15) is 4.79 Å². The summed E-state index contributed by atoms with van der Waals surface area (Å²) in [5.74, 6) is -0.0175. The molecule has 0 unspecified atom stereocenters. The van der Waals surface area contributed by atoms with Crippen molar-refractivity contribution in [2.24, 2.45) is 0 Å². The first kappa shape index (κ1) is 19.2. The van der Waals surface area contributed by atoms with E-state index in [4.69, 9.17) is 16.6 Å². The van der Waals surface area contributed by atoms with Crippen LogP contribution in [0.5, 0.6) is 0 Å². The molecule has 146 valence electrons. The number of hydrogen-bond donors (Lipinski definition) is 1. The Morgan fingerprint density at radius 2 is 1.93 bits per heavy atom. The van der Waals surface area contributed by atoms with Crippen molar-refractivity contribution in [1.82, 2.24) is 9.38 Å². The van der Waals surface area contributed by atoms with Gasteiger partial charge in [0.15, 0.2) is 0 Å². The Hall–Kier alpha value is -3.11. The molecule has 4 rings (SSSR count). The van der Waals surface area contributed by atoms with Crippen LogP contribution in [0, 0.1) is 13.8 Å². The summed E-state index contributed by atoms with van der Waals surface area (Å²) in [6, 6.07) is 17.7. The Morgan fingerprint density at radius 3 is 2.72 bits per heavy atom. The molecular weight excluding hydrogens is 382 g/mol. The van der Waals surface area contributed by atoms with Gasteiger partial charge in [0.1, 0.15) is 5.65 Å². The standard InChI is InChI=1S/C24H22ClN3O/c1-16-8-10-19(22-15-28-12-4-5-17(2)24(28)27-22)14-21(16)26-23(29)11-9-18-6-3-7-20(25)13-18/h3-8,10,12-15H,9,11H2,1-2H3,(H,26,29). The average Bonchev–Trinajstić information content (AvgIpc) is 3.14. The molecule has 2 aromatic carbocycles. The number of carbonyl (C=O) groups is 1. The molecule has 0 radical (unpaired) electrons. The van der Waals surface area contributed by atoms with Crippen LogP contribution in [-0.4, -0.2) is 15.3 Å². The van der Waals surface area contributed by atoms with E-state index in [1.54, 1.807) is 0 Å². The van der Waals surface area contributed by atoms with E-state index < -0.39 is 0 Å². The average molecular weight is 404 g/mol. The highest BCUT2D eigenvalue weighted by atomic mass is 35.5. The number of fused-ring (bicyclic) bond motifs is 1. The number of hydrogen-bond acceptors (Lipinski definition) is 2. The summed E-state index contributed by atoms with van der Waals surface area (Å²) in [6.45, 7) is 4.04. The van der Waals surface area contributed by atoms with Crippen molar-refractivity contribution in [3.05, 3.63) is 88.7 Å². The molecule has 0 saturated carbocycles. The molecule has 4 nitrogen and oxygen atoms in total. The third kappa shape index (κ3) is 4.33. The van der Waals surface area contributed by atoms with Crippen molar-refractivity contribution >= 4 is 28.8 Å². The molecule has 2 aromatic heterocycles. The number of imidazole rings is 1. The van der Waals surface area contributed by atoms with Crippen molar-refractivity contribution in [3.63, 3.8) is 0 Å². The molecule has 5 heteroatoms. The van der Waals surface area contributed by atoms with E-state index in [2.05, 4.69) is 5.32 Å². The fourth-order valence-electron chi connectivity index (χ4n) is 3.37. The number of benzene rings is 2. The molecule has 0 aliphatic carbocycles. The molecule has 0 aliphatic heterocycles. The second-order valence-corrected chi connectivity index (χ2v) is 7.69. The van der Waals surface area contributed by atoms with Gasteiger partial charge in [-0.25, -0.2) is 4.98 Å². The van der Waals surface area contributed by atoms with E-state index in [0.29, 0.717) is 17.9 Å². The van der Waals surface area contributed by atoms with Crippen LogP contribution in [0.3, 0.4) is 0 Å². The molecule has 29 heavy (non-hydrogen) atoms. The van der Waals surface area contributed by atoms with Gasteiger partial charge in [0.05, 0.1) is 5.69 Å². The van der Waals surface area contributed by atoms with Crippen LogP contribution in [0.15, 0.2) is 67.0 Å². The minimum atomic E-state index is -0.0175. The Balaban J connectivity index is 1.52. The lowest BCUT2D eigenvalue weighted by Crippen LogP contribution is -2.13. The maximum absolute atomic E-state index is 12.5. The van der Waals surface area contributed by atoms with Crippen molar-refractivity contribution in [3.8, 4) is 11.3 Å². The molecular formula is C24H22ClN3O. The van der Waals surface area contributed by atoms with Gasteiger partial charge in [-0.1, -0.05) is 41.9 Å². The summed E-state index contributed by atoms with van der Waals surface area (Å²) in [4.78, 5) is 17.2. The van der Waals surface area contributed by atoms with E-state index >= 15 is 0 Å². The predicted molar refractivity (Wildman–Crippen MR) is 119 cm³/mol. The summed E-state index contributed by atoms with van der Waals surface area (Å²) in [6.07, 6.45) is 5.05. The minimum absolute atomic E-state index is 0.0175. The maximum Gasteiger partial charge on any atom is 0.224 e. The summed E-state index contributed by atoms with van der Waals surface area (Å²) in [5.41, 5.74) is 6.81. The zero-order chi connectivity index (χ0) is 20.4. The fraction of sp³-hybridized carbons (Fsp3) is 0.167. The molecule has 0 aliphatic rings. The largest absolute Gasteiger partial charge is 0.326 e. The number of rotatable bonds is 5. The number of amides is 1. The van der Waals surface area contributed by atoms with Crippen LogP contribution in [-0.2, 0) is 11.2 Å². The van der Waals surface area contributed by atoms with Crippen LogP contribution in [0.25, 0.3) is 16.9 Å². The maximum atomic E-state index is 12.5. The van der Waals surface area contributed by atoms with E-state index in [1.807, 2.05) is 85.2 Å². The summed E-state index contributed by atoms with van der Waals surface area (Å²) >= 11 is 6.02. The second-order valence-electron chi connectivity index (χ2n) is 7.26. The highest BCUT2D eigenvalue weighted by Gasteiger charge is 2.10. The predicted octanol–water partition coefficient (Wildman–Crippen LogP) is 5.84. The van der Waals surface area contributed by atoms with E-state index in [-0.39, 0.29) is 5.91 Å². The quantitative estimate of drug-likeness (QED) is 0.454. The number of halogens is 1. The van der Waals surface area contributed by atoms with Crippen LogP contribution >= 0.6 is 11.6 Å². The number of carbonyl (C=O) groups excluding carboxylic acids is 1. The van der Waals surface area contributed by atoms with Crippen LogP contribution < -0.4 is 5.32 Å². The van der Waals surface area contributed by atoms with E-state index in [0.717, 1.165) is 39.3 Å². The van der Waals surface area contributed by atoms with Gasteiger partial charge in [0.2, 0.25) is 5.91 Å². The Bertz CT molecular complexity index is 1200. The Labute approximate surface area is 175 Å². The molecule has 0 fully saturated rings. The number of pyridine rings is 1. The third-order valence-corrected chi connectivity index (χ3v) is 5.25. The lowest BCUT2D eigenvalue weighted by atomic mass is 10.1. The summed E-state index contributed by atoms with van der Waals surface area (Å²) in [7, 11) is 0. The second kappa shape index (κ2) is 8.10. The van der Waals surface area contributed by atoms with E-state index in [1.165, 1.54) is 0 Å². The molecule has 1 amide bonds. The lowest BCUT2D eigenvalue weighted by Gasteiger charge is -2.10. The van der Waals surface area contributed by atoms with Gasteiger partial charge in [-0.3, -0.25) is 4.79 Å². The van der Waals surface area contributed by atoms with Gasteiger partial charge in [0, 0.05) is 35.1 Å². The van der Waals surface area contributed by atoms with Crippen molar-refractivity contribution in [2.45, 2.75) is 26.7 Å². The molecule has 0 bridgehead atoms. The third-order valence-electron chi connectivity index (χ3n) is 5.02. The number of aromatic nitrogens is 2. The van der Waals surface area contributed by atoms with Crippen LogP contribution in [0.4, 0.5) is 5.69 Å². The van der Waals surface area contributed by atoms with Gasteiger partial charge in [0.25, 0.3) is 0 Å². The van der Waals surface area contributed by atoms with Crippen molar-refractivity contribution in [2.75, 3.05) is 5.32 Å². The molecule has 0 saturated heterocycles. The van der Waals surface area contributed by atoms with Gasteiger partial charge in [-0.15, -0.1) is 0 Å². The van der Waals surface area contributed by atoms with Crippen LogP contribution in [0.1, 0.15) is 23.1 Å². The summed E-state index contributed by atoms with van der Waals surface area (Å²) < 4.78 is 2.02. The van der Waals surface area contributed by atoms with Crippen molar-refractivity contribution in [1.29, 1.82) is 0 Å². The van der Waals surface area contributed by atoms with Gasteiger partial charge < -0.3 is 9.72 Å². The number of nitrogens with one attached hydrogen (secondary N) is 1. The van der Waals surface area contributed by atoms with Gasteiger partial charge in [-0.05, 0) is 61.2 Å². The highest BCUT2D eigenvalue weighted by molar-refractivity contribution is 6.30. The topological polar surface area (TPSA) is 46.4 Å². The molecule has 1 N–H and O–H groups in total. The van der Waals surface area contributed by atoms with Crippen LogP contribution in [0.2, 0.25) is 5.02 Å². The molecule has 0 atom stereocenters. The molecule has 2 heterocycles. The van der Waals surface area contributed by atoms with Crippen molar-refractivity contribution < 1.29 is 4.79 Å².